The van der Waals surface area contributed by atoms with E-state index in [9.17, 15) is 5.11 Å². The third-order valence-electron chi connectivity index (χ3n) is 2.85. The lowest BCUT2D eigenvalue weighted by Gasteiger charge is -1.96. The van der Waals surface area contributed by atoms with Crippen molar-refractivity contribution in [1.29, 1.82) is 0 Å². The largest absolute Gasteiger partial charge is 0.504 e. The van der Waals surface area contributed by atoms with Gasteiger partial charge in [0.1, 0.15) is 5.76 Å². The van der Waals surface area contributed by atoms with E-state index in [1.165, 1.54) is 19.3 Å². The van der Waals surface area contributed by atoms with Crippen LogP contribution in [-0.2, 0) is 6.42 Å². The third kappa shape index (κ3) is 2.38. The number of benzene rings is 1. The predicted octanol–water partition coefficient (Wildman–Crippen LogP) is 4.26. The Morgan fingerprint density at radius 1 is 1.19 bits per heavy atom. The zero-order valence-electron chi connectivity index (χ0n) is 9.70. The van der Waals surface area contributed by atoms with Gasteiger partial charge < -0.3 is 9.52 Å². The van der Waals surface area contributed by atoms with Crippen molar-refractivity contribution in [2.75, 3.05) is 0 Å². The minimum Gasteiger partial charge on any atom is -0.504 e. The number of hydrogen-bond donors (Lipinski definition) is 1. The summed E-state index contributed by atoms with van der Waals surface area (Å²) in [5.74, 6) is 1.21. The minimum atomic E-state index is 0.234. The first-order valence-corrected chi connectivity index (χ1v) is 6.01. The fourth-order valence-corrected chi connectivity index (χ4v) is 1.95. The van der Waals surface area contributed by atoms with Crippen LogP contribution in [0.25, 0.3) is 11.0 Å². The number of aryl methyl sites for hydroxylation is 1. The molecule has 2 rings (SSSR count). The lowest BCUT2D eigenvalue weighted by molar-refractivity contribution is 0.455. The van der Waals surface area contributed by atoms with Gasteiger partial charge in [-0.2, -0.15) is 0 Å². The van der Waals surface area contributed by atoms with Crippen molar-refractivity contribution in [1.82, 2.24) is 0 Å². The Hall–Kier alpha value is -1.44. The number of phenolic OH excluding ortho intramolecular Hbond substituents is 1. The molecular weight excluding hydrogens is 200 g/mol. The fraction of sp³-hybridized carbons (Fsp3) is 0.429. The molecule has 0 atom stereocenters. The summed E-state index contributed by atoms with van der Waals surface area (Å²) >= 11 is 0. The second-order valence-electron chi connectivity index (χ2n) is 4.22. The smallest absolute Gasteiger partial charge is 0.175 e. The third-order valence-corrected chi connectivity index (χ3v) is 2.85. The van der Waals surface area contributed by atoms with Crippen LogP contribution in [-0.4, -0.2) is 5.11 Å². The van der Waals surface area contributed by atoms with Gasteiger partial charge in [0.05, 0.1) is 0 Å². The summed E-state index contributed by atoms with van der Waals surface area (Å²) in [4.78, 5) is 0. The lowest BCUT2D eigenvalue weighted by Crippen LogP contribution is -1.81. The van der Waals surface area contributed by atoms with Gasteiger partial charge in [-0.15, -0.1) is 0 Å². The highest BCUT2D eigenvalue weighted by Gasteiger charge is 2.06. The van der Waals surface area contributed by atoms with Crippen LogP contribution in [0.3, 0.4) is 0 Å². The van der Waals surface area contributed by atoms with Crippen molar-refractivity contribution in [3.8, 4) is 5.75 Å². The molecule has 1 aromatic carbocycles. The molecule has 0 aliphatic heterocycles. The van der Waals surface area contributed by atoms with E-state index in [1.807, 2.05) is 18.2 Å². The van der Waals surface area contributed by atoms with E-state index in [1.54, 1.807) is 6.07 Å². The van der Waals surface area contributed by atoms with Gasteiger partial charge in [-0.05, 0) is 18.6 Å². The average molecular weight is 218 g/mol. The van der Waals surface area contributed by atoms with E-state index < -0.39 is 0 Å². The molecule has 0 radical (unpaired) electrons. The SMILES string of the molecule is CCCCCCc1cc2cccc(O)c2o1. The number of para-hydroxylation sites is 1. The Labute approximate surface area is 95.9 Å². The summed E-state index contributed by atoms with van der Waals surface area (Å²) in [7, 11) is 0. The molecule has 0 bridgehead atoms. The molecule has 2 nitrogen and oxygen atoms in total. The fourth-order valence-electron chi connectivity index (χ4n) is 1.95. The molecule has 0 spiro atoms. The van der Waals surface area contributed by atoms with Crippen LogP contribution >= 0.6 is 0 Å². The summed E-state index contributed by atoms with van der Waals surface area (Å²) in [5.41, 5.74) is 0.619. The highest BCUT2D eigenvalue weighted by atomic mass is 16.4. The minimum absolute atomic E-state index is 0.234. The number of hydrogen-bond acceptors (Lipinski definition) is 2. The number of unbranched alkanes of at least 4 members (excludes halogenated alkanes) is 3. The quantitative estimate of drug-likeness (QED) is 0.760. The molecule has 16 heavy (non-hydrogen) atoms. The molecule has 0 aliphatic carbocycles. The predicted molar refractivity (Wildman–Crippen MR) is 65.7 cm³/mol. The van der Waals surface area contributed by atoms with Crippen LogP contribution in [0.5, 0.6) is 5.75 Å². The van der Waals surface area contributed by atoms with Gasteiger partial charge in [0.2, 0.25) is 0 Å². The van der Waals surface area contributed by atoms with Crippen LogP contribution in [0.1, 0.15) is 38.4 Å². The van der Waals surface area contributed by atoms with Gasteiger partial charge in [-0.3, -0.25) is 0 Å². The van der Waals surface area contributed by atoms with Crippen LogP contribution in [0, 0.1) is 0 Å². The van der Waals surface area contributed by atoms with Crippen LogP contribution in [0.15, 0.2) is 28.7 Å². The van der Waals surface area contributed by atoms with Gasteiger partial charge in [-0.25, -0.2) is 0 Å². The van der Waals surface area contributed by atoms with E-state index in [0.717, 1.165) is 24.0 Å². The molecule has 0 saturated heterocycles. The summed E-state index contributed by atoms with van der Waals surface area (Å²) < 4.78 is 5.63. The van der Waals surface area contributed by atoms with E-state index in [2.05, 4.69) is 6.92 Å². The molecule has 1 aromatic heterocycles. The van der Waals surface area contributed by atoms with Crippen molar-refractivity contribution in [2.45, 2.75) is 39.0 Å². The number of rotatable bonds is 5. The van der Waals surface area contributed by atoms with Crippen LogP contribution in [0.2, 0.25) is 0 Å². The van der Waals surface area contributed by atoms with Crippen molar-refractivity contribution < 1.29 is 9.52 Å². The molecule has 2 heteroatoms. The Balaban J connectivity index is 2.05. The molecule has 0 saturated carbocycles. The Morgan fingerprint density at radius 3 is 2.81 bits per heavy atom. The number of furan rings is 1. The number of fused-ring (bicyclic) bond motifs is 1. The van der Waals surface area contributed by atoms with Crippen LogP contribution < -0.4 is 0 Å². The highest BCUT2D eigenvalue weighted by molar-refractivity contribution is 5.83. The maximum absolute atomic E-state index is 9.60. The van der Waals surface area contributed by atoms with E-state index in [0.29, 0.717) is 5.58 Å². The van der Waals surface area contributed by atoms with Crippen molar-refractivity contribution in [2.24, 2.45) is 0 Å². The Bertz CT molecular complexity index is 457. The summed E-state index contributed by atoms with van der Waals surface area (Å²) in [5, 5.41) is 10.6. The zero-order valence-corrected chi connectivity index (χ0v) is 9.70. The summed E-state index contributed by atoms with van der Waals surface area (Å²) in [6.45, 7) is 2.21. The molecule has 0 amide bonds. The highest BCUT2D eigenvalue weighted by Crippen LogP contribution is 2.28. The second-order valence-corrected chi connectivity index (χ2v) is 4.22. The summed E-state index contributed by atoms with van der Waals surface area (Å²) in [6.07, 6.45) is 5.91. The molecular formula is C14H18O2. The molecule has 1 N–H and O–H groups in total. The van der Waals surface area contributed by atoms with E-state index >= 15 is 0 Å². The standard InChI is InChI=1S/C14H18O2/c1-2-3-4-5-8-12-10-11-7-6-9-13(15)14(11)16-12/h6-7,9-10,15H,2-5,8H2,1H3. The first kappa shape index (κ1) is 11.1. The Kier molecular flexibility index (Phi) is 3.50. The Morgan fingerprint density at radius 2 is 2.06 bits per heavy atom. The van der Waals surface area contributed by atoms with Gasteiger partial charge in [-0.1, -0.05) is 38.3 Å². The lowest BCUT2D eigenvalue weighted by atomic mass is 10.1. The number of aromatic hydroxyl groups is 1. The maximum atomic E-state index is 9.60. The average Bonchev–Trinajstić information content (AvgIpc) is 2.69. The number of phenols is 1. The van der Waals surface area contributed by atoms with Gasteiger partial charge >= 0.3 is 0 Å². The van der Waals surface area contributed by atoms with Gasteiger partial charge in [0.15, 0.2) is 11.3 Å². The van der Waals surface area contributed by atoms with Gasteiger partial charge in [0, 0.05) is 11.8 Å². The van der Waals surface area contributed by atoms with Gasteiger partial charge in [0.25, 0.3) is 0 Å². The first-order valence-electron chi connectivity index (χ1n) is 6.01. The van der Waals surface area contributed by atoms with Crippen molar-refractivity contribution in [3.63, 3.8) is 0 Å². The molecule has 1 heterocycles. The molecule has 86 valence electrons. The van der Waals surface area contributed by atoms with Crippen molar-refractivity contribution >= 4 is 11.0 Å². The van der Waals surface area contributed by atoms with E-state index in [4.69, 9.17) is 4.42 Å². The second kappa shape index (κ2) is 5.06. The normalized spacial score (nSPS) is 11.1. The zero-order chi connectivity index (χ0) is 11.4. The molecule has 0 unspecified atom stereocenters. The molecule has 2 aromatic rings. The van der Waals surface area contributed by atoms with Crippen LogP contribution in [0.4, 0.5) is 0 Å². The summed E-state index contributed by atoms with van der Waals surface area (Å²) in [6, 6.07) is 7.50. The topological polar surface area (TPSA) is 33.4 Å². The maximum Gasteiger partial charge on any atom is 0.175 e. The molecule has 0 aliphatic rings. The molecule has 0 fully saturated rings. The monoisotopic (exact) mass is 218 g/mol. The van der Waals surface area contributed by atoms with Crippen molar-refractivity contribution in [3.05, 3.63) is 30.0 Å². The first-order chi connectivity index (χ1) is 7.81. The van der Waals surface area contributed by atoms with E-state index in [-0.39, 0.29) is 5.75 Å².